The molecule has 4 atom stereocenters. The molecule has 57 heavy (non-hydrogen) atoms. The first-order valence-electron chi connectivity index (χ1n) is 17.4. The van der Waals surface area contributed by atoms with Crippen LogP contribution in [0.3, 0.4) is 0 Å². The number of hydrogen-bond acceptors (Lipinski definition) is 14. The second-order valence-electron chi connectivity index (χ2n) is 12.9. The molecule has 3 amide bonds. The fraction of sp³-hybridized carbons (Fsp3) is 0.412. The lowest BCUT2D eigenvalue weighted by Crippen LogP contribution is -2.46. The van der Waals surface area contributed by atoms with Crippen LogP contribution in [0.4, 0.5) is 11.6 Å². The highest BCUT2D eigenvalue weighted by molar-refractivity contribution is 5.97. The van der Waals surface area contributed by atoms with Gasteiger partial charge in [0.25, 0.3) is 11.5 Å². The van der Waals surface area contributed by atoms with Crippen LogP contribution in [0.25, 0.3) is 11.2 Å². The van der Waals surface area contributed by atoms with Crippen LogP contribution in [0.2, 0.25) is 0 Å². The van der Waals surface area contributed by atoms with Crippen molar-refractivity contribution in [3.63, 3.8) is 0 Å². The third kappa shape index (κ3) is 14.9. The number of aliphatic carboxylic acids is 3. The number of aromatic nitrogens is 4. The summed E-state index contributed by atoms with van der Waals surface area (Å²) in [6, 6.07) is 1.95. The van der Waals surface area contributed by atoms with E-state index in [2.05, 4.69) is 46.2 Å². The van der Waals surface area contributed by atoms with Crippen LogP contribution in [0, 0.1) is 5.92 Å². The molecule has 306 valence electrons. The largest absolute Gasteiger partial charge is 0.481 e. The number of anilines is 2. The van der Waals surface area contributed by atoms with Crippen molar-refractivity contribution in [2.24, 2.45) is 22.4 Å². The SMILES string of the molecule is C[C@H](CC(=O)O)NC(=O)[C@H](CCCN=C(N)N)CC(=O)[C@H](CC(=O)O)NC(=O)CC[C@H](NC(=O)c1ccc(NCc2cnc3nc(N)[nH]c(=O)c3n2)cc1)C(=O)O. The molecule has 0 saturated carbocycles. The number of nitrogen functional groups attached to an aromatic ring is 1. The monoisotopic (exact) mass is 796 g/mol. The second kappa shape index (κ2) is 21.0. The zero-order valence-corrected chi connectivity index (χ0v) is 30.7. The van der Waals surface area contributed by atoms with Gasteiger partial charge in [0.1, 0.15) is 6.04 Å². The van der Waals surface area contributed by atoms with E-state index >= 15 is 0 Å². The molecule has 0 spiro atoms. The molecule has 0 bridgehead atoms. The number of carbonyl (C=O) groups excluding carboxylic acids is 4. The first kappa shape index (κ1) is 44.2. The molecular weight excluding hydrogens is 752 g/mol. The summed E-state index contributed by atoms with van der Waals surface area (Å²) in [4.78, 5) is 117. The number of guanidine groups is 1. The zero-order chi connectivity index (χ0) is 42.2. The van der Waals surface area contributed by atoms with E-state index in [1.165, 1.54) is 37.4 Å². The Morgan fingerprint density at radius 2 is 1.56 bits per heavy atom. The van der Waals surface area contributed by atoms with Gasteiger partial charge in [-0.3, -0.25) is 43.5 Å². The molecule has 2 heterocycles. The van der Waals surface area contributed by atoms with Crippen molar-refractivity contribution in [3.05, 3.63) is 52.1 Å². The Balaban J connectivity index is 1.59. The van der Waals surface area contributed by atoms with Crippen LogP contribution in [0.1, 0.15) is 67.9 Å². The van der Waals surface area contributed by atoms with Crippen molar-refractivity contribution in [3.8, 4) is 0 Å². The van der Waals surface area contributed by atoms with Crippen molar-refractivity contribution in [2.45, 2.75) is 76.5 Å². The normalized spacial score (nSPS) is 12.9. The number of nitrogens with one attached hydrogen (secondary N) is 5. The van der Waals surface area contributed by atoms with E-state index in [1.807, 2.05) is 0 Å². The molecule has 0 unspecified atom stereocenters. The summed E-state index contributed by atoms with van der Waals surface area (Å²) in [5, 5.41) is 38.4. The lowest BCUT2D eigenvalue weighted by molar-refractivity contribution is -0.140. The molecule has 3 aromatic rings. The Morgan fingerprint density at radius 1 is 0.877 bits per heavy atom. The molecule has 0 aliphatic rings. The van der Waals surface area contributed by atoms with Crippen molar-refractivity contribution < 1.29 is 48.9 Å². The Labute approximate surface area is 323 Å². The van der Waals surface area contributed by atoms with Crippen molar-refractivity contribution in [2.75, 3.05) is 17.6 Å². The van der Waals surface area contributed by atoms with Crippen LogP contribution in [0.5, 0.6) is 0 Å². The van der Waals surface area contributed by atoms with Gasteiger partial charge >= 0.3 is 17.9 Å². The Bertz CT molecular complexity index is 2050. The summed E-state index contributed by atoms with van der Waals surface area (Å²) in [6.45, 7) is 1.70. The summed E-state index contributed by atoms with van der Waals surface area (Å²) < 4.78 is 0. The first-order valence-corrected chi connectivity index (χ1v) is 17.4. The number of nitrogens with two attached hydrogens (primary N) is 3. The van der Waals surface area contributed by atoms with Gasteiger partial charge in [-0.2, -0.15) is 4.98 Å². The van der Waals surface area contributed by atoms with E-state index in [0.29, 0.717) is 11.4 Å². The van der Waals surface area contributed by atoms with Crippen molar-refractivity contribution >= 4 is 70.2 Å². The van der Waals surface area contributed by atoms with E-state index in [4.69, 9.17) is 22.3 Å². The number of ketones is 1. The fourth-order valence-corrected chi connectivity index (χ4v) is 5.38. The van der Waals surface area contributed by atoms with Gasteiger partial charge in [0.2, 0.25) is 17.8 Å². The number of nitrogens with zero attached hydrogens (tertiary/aromatic N) is 4. The van der Waals surface area contributed by atoms with Crippen molar-refractivity contribution in [1.29, 1.82) is 0 Å². The second-order valence-corrected chi connectivity index (χ2v) is 12.9. The molecule has 2 aromatic heterocycles. The predicted molar refractivity (Wildman–Crippen MR) is 201 cm³/mol. The highest BCUT2D eigenvalue weighted by Gasteiger charge is 2.30. The summed E-state index contributed by atoms with van der Waals surface area (Å²) >= 11 is 0. The molecule has 0 aliphatic heterocycles. The summed E-state index contributed by atoms with van der Waals surface area (Å²) in [5.41, 5.74) is 16.7. The third-order valence-electron chi connectivity index (χ3n) is 8.17. The molecule has 0 aliphatic carbocycles. The van der Waals surface area contributed by atoms with Crippen LogP contribution in [0.15, 0.2) is 40.2 Å². The maximum atomic E-state index is 13.3. The van der Waals surface area contributed by atoms with Crippen LogP contribution >= 0.6 is 0 Å². The standard InChI is InChI=1S/C34H44N12O11/c1-16(11-25(49)50)41-30(54)18(3-2-10-38-33(35)36)12-23(47)22(13-26(51)52)43-24(48)9-8-21(32(56)57)44-29(53)17-4-6-19(7-5-17)39-14-20-15-40-28-27(42-20)31(55)46-34(37)45-28/h4-7,15-16,18,21-22,39H,2-3,8-14H2,1H3,(H,41,54)(H,43,48)(H,44,53)(H,49,50)(H,51,52)(H,56,57)(H4,35,36,38)(H3,37,40,45,46,55)/t16-,18-,21+,22+/m1/s1. The average Bonchev–Trinajstić information content (AvgIpc) is 3.12. The third-order valence-corrected chi connectivity index (χ3v) is 8.17. The van der Waals surface area contributed by atoms with Gasteiger partial charge in [0.05, 0.1) is 37.3 Å². The van der Waals surface area contributed by atoms with E-state index in [9.17, 15) is 48.6 Å². The molecule has 0 fully saturated rings. The van der Waals surface area contributed by atoms with Gasteiger partial charge in [-0.25, -0.2) is 14.8 Å². The Morgan fingerprint density at radius 3 is 2.19 bits per heavy atom. The highest BCUT2D eigenvalue weighted by atomic mass is 16.4. The molecule has 0 saturated heterocycles. The average molecular weight is 797 g/mol. The van der Waals surface area contributed by atoms with Gasteiger partial charge in [-0.15, -0.1) is 0 Å². The fourth-order valence-electron chi connectivity index (χ4n) is 5.38. The number of aliphatic imine (C=N–C) groups is 1. The lowest BCUT2D eigenvalue weighted by atomic mass is 9.92. The highest BCUT2D eigenvalue weighted by Crippen LogP contribution is 2.17. The van der Waals surface area contributed by atoms with Gasteiger partial charge in [-0.05, 0) is 50.5 Å². The minimum atomic E-state index is -1.60. The lowest BCUT2D eigenvalue weighted by Gasteiger charge is -2.22. The maximum absolute atomic E-state index is 13.3. The first-order chi connectivity index (χ1) is 26.9. The topological polar surface area (TPSA) is 390 Å². The number of hydrogen-bond donors (Lipinski definition) is 11. The van der Waals surface area contributed by atoms with Crippen LogP contribution in [-0.4, -0.2) is 107 Å². The molecule has 14 N–H and O–H groups in total. The molecule has 23 nitrogen and oxygen atoms in total. The number of carboxylic acid groups (broad SMARTS) is 3. The number of aromatic amines is 1. The number of amides is 3. The van der Waals surface area contributed by atoms with E-state index in [1.54, 1.807) is 0 Å². The zero-order valence-electron chi connectivity index (χ0n) is 30.7. The number of rotatable bonds is 23. The molecule has 0 radical (unpaired) electrons. The quantitative estimate of drug-likeness (QED) is 0.0293. The van der Waals surface area contributed by atoms with Gasteiger partial charge in [-0.1, -0.05) is 0 Å². The number of benzene rings is 1. The van der Waals surface area contributed by atoms with Crippen LogP contribution < -0.4 is 44.0 Å². The van der Waals surface area contributed by atoms with Crippen molar-refractivity contribution in [1.82, 2.24) is 35.9 Å². The molecular formula is C34H44N12O11. The maximum Gasteiger partial charge on any atom is 0.326 e. The number of Topliss-reactive ketones (excluding diaryl/α,β-unsaturated/α-hetero) is 1. The van der Waals surface area contributed by atoms with Gasteiger partial charge in [0.15, 0.2) is 22.9 Å². The molecule has 3 rings (SSSR count). The molecule has 23 heteroatoms. The minimum absolute atomic E-state index is 0.000333. The summed E-state index contributed by atoms with van der Waals surface area (Å²) in [6.07, 6.45) is -1.05. The molecule has 1 aromatic carbocycles. The number of carboxylic acids is 3. The smallest absolute Gasteiger partial charge is 0.326 e. The number of carbonyl (C=O) groups is 7. The van der Waals surface area contributed by atoms with E-state index in [0.717, 1.165) is 0 Å². The Kier molecular flexibility index (Phi) is 16.3. The minimum Gasteiger partial charge on any atom is -0.481 e. The summed E-state index contributed by atoms with van der Waals surface area (Å²) in [7, 11) is 0. The van der Waals surface area contributed by atoms with Gasteiger partial charge < -0.3 is 53.8 Å². The van der Waals surface area contributed by atoms with Gasteiger partial charge in [0, 0.05) is 42.6 Å². The summed E-state index contributed by atoms with van der Waals surface area (Å²) in [5.74, 6) is -8.60. The van der Waals surface area contributed by atoms with Crippen LogP contribution in [-0.2, 0) is 35.3 Å². The predicted octanol–water partition coefficient (Wildman–Crippen LogP) is -1.56. The van der Waals surface area contributed by atoms with E-state index in [-0.39, 0.29) is 54.6 Å². The number of fused-ring (bicyclic) bond motifs is 1. The van der Waals surface area contributed by atoms with E-state index < -0.39 is 103 Å². The Hall–Kier alpha value is -7.20. The number of H-pyrrole nitrogens is 1.